The largest absolute Gasteiger partial charge is 0.632 e. The van der Waals surface area contributed by atoms with E-state index < -0.39 is 66.8 Å². The number of amides is 3. The second kappa shape index (κ2) is 11.8. The van der Waals surface area contributed by atoms with E-state index in [0.717, 1.165) is 5.56 Å². The van der Waals surface area contributed by atoms with E-state index in [1.165, 1.54) is 25.6 Å². The van der Waals surface area contributed by atoms with Gasteiger partial charge in [-0.3, -0.25) is 29.0 Å². The molecule has 4 rings (SSSR count). The van der Waals surface area contributed by atoms with Gasteiger partial charge in [-0.15, -0.1) is 0 Å². The topological polar surface area (TPSA) is 175 Å². The molecule has 0 aliphatic carbocycles. The van der Waals surface area contributed by atoms with Gasteiger partial charge in [0.25, 0.3) is 17.8 Å². The number of nitrogens with one attached hydrogen (secondary N) is 3. The molecule has 1 aromatic carbocycles. The van der Waals surface area contributed by atoms with Gasteiger partial charge in [0, 0.05) is 31.8 Å². The minimum Gasteiger partial charge on any atom is -0.632 e. The van der Waals surface area contributed by atoms with Gasteiger partial charge < -0.3 is 29.9 Å². The summed E-state index contributed by atoms with van der Waals surface area (Å²) < 4.78 is 17.1. The van der Waals surface area contributed by atoms with E-state index in [4.69, 9.17) is 14.0 Å². The van der Waals surface area contributed by atoms with Crippen molar-refractivity contribution < 1.29 is 37.9 Å². The summed E-state index contributed by atoms with van der Waals surface area (Å²) in [5.74, 6) is -4.66. The highest BCUT2D eigenvalue weighted by molar-refractivity contribution is 6.68. The smallest absolute Gasteiger partial charge is 0.518 e. The summed E-state index contributed by atoms with van der Waals surface area (Å²) in [7, 11) is 1.39. The van der Waals surface area contributed by atoms with E-state index in [1.54, 1.807) is 24.3 Å². The van der Waals surface area contributed by atoms with Crippen molar-refractivity contribution in [2.24, 2.45) is 5.92 Å². The van der Waals surface area contributed by atoms with Crippen molar-refractivity contribution in [2.45, 2.75) is 57.1 Å². The average Bonchev–Trinajstić information content (AvgIpc) is 3.13. The molecule has 3 amide bonds. The lowest BCUT2D eigenvalue weighted by molar-refractivity contribution is -0.156. The minimum absolute atomic E-state index is 0.0168. The van der Waals surface area contributed by atoms with Gasteiger partial charge in [-0.2, -0.15) is 0 Å². The Morgan fingerprint density at radius 1 is 1.07 bits per heavy atom. The van der Waals surface area contributed by atoms with Gasteiger partial charge in [-0.1, -0.05) is 50.6 Å². The molecule has 1 aromatic heterocycles. The number of carbonyl (C=O) groups excluding carboxylic acids is 5. The number of nitrogens with zero attached hydrogens (tertiary/aromatic N) is 2. The number of rotatable bonds is 11. The van der Waals surface area contributed by atoms with Gasteiger partial charge in [0.05, 0.1) is 19.0 Å². The molecule has 0 saturated carbocycles. The summed E-state index contributed by atoms with van der Waals surface area (Å²) in [6, 6.07) is 7.95. The third-order valence-corrected chi connectivity index (χ3v) is 6.73. The molecule has 2 aliphatic rings. The first-order chi connectivity index (χ1) is 19.1. The maximum Gasteiger partial charge on any atom is 0.518 e. The maximum absolute atomic E-state index is 13.7. The minimum atomic E-state index is -3.15. The van der Waals surface area contributed by atoms with Crippen molar-refractivity contribution in [3.05, 3.63) is 60.2 Å². The van der Waals surface area contributed by atoms with Crippen molar-refractivity contribution in [1.29, 1.82) is 0 Å². The second-order valence-corrected chi connectivity index (χ2v) is 10.3. The lowest BCUT2D eigenvalue weighted by Crippen LogP contribution is -2.66. The maximum atomic E-state index is 13.7. The SMILES string of the molecule is CNC(=O)C[C@]12CC(=O)O[B-](C(CC(C)C)NC(=O)[C@H](Cc3ccccc3)NC(=O)c3cnccn3)(OC1=O)O2. The zero-order valence-electron chi connectivity index (χ0n) is 22.4. The lowest BCUT2D eigenvalue weighted by Gasteiger charge is -2.46. The first-order valence-electron chi connectivity index (χ1n) is 13.0. The highest BCUT2D eigenvalue weighted by atomic mass is 16.8. The quantitative estimate of drug-likeness (QED) is 0.327. The molecular weight excluding hydrogens is 521 g/mol. The van der Waals surface area contributed by atoms with E-state index in [9.17, 15) is 24.0 Å². The Morgan fingerprint density at radius 2 is 1.82 bits per heavy atom. The van der Waals surface area contributed by atoms with E-state index >= 15 is 0 Å². The van der Waals surface area contributed by atoms with Crippen LogP contribution < -0.4 is 16.0 Å². The Bertz CT molecular complexity index is 1280. The van der Waals surface area contributed by atoms with Crippen LogP contribution in [0.15, 0.2) is 48.9 Å². The summed E-state index contributed by atoms with van der Waals surface area (Å²) in [4.78, 5) is 72.4. The molecule has 212 valence electrons. The van der Waals surface area contributed by atoms with Crippen LogP contribution in [0.25, 0.3) is 0 Å². The third kappa shape index (κ3) is 6.28. The molecule has 40 heavy (non-hydrogen) atoms. The van der Waals surface area contributed by atoms with Crippen molar-refractivity contribution in [3.8, 4) is 0 Å². The van der Waals surface area contributed by atoms with Crippen LogP contribution in [0, 0.1) is 5.92 Å². The lowest BCUT2D eigenvalue weighted by atomic mass is 9.64. The standard InChI is InChI=1S/C26H31BN5O8/c1-16(2)11-20(27-38-22(34)14-26(40-27,25(37)39-27)13-21(33)28-3)32-23(35)18(12-17-7-5-4-6-8-17)31-24(36)19-15-29-9-10-30-19/h4-10,15-16,18,20H,11-14H2,1-3H3,(H,28,33)(H,31,36)(H,32,35)/q-1/t18-,20?,26-,27?/m0/s1. The van der Waals surface area contributed by atoms with Gasteiger partial charge in [0.15, 0.2) is 0 Å². The van der Waals surface area contributed by atoms with E-state index in [2.05, 4.69) is 25.9 Å². The number of benzene rings is 1. The zero-order valence-corrected chi connectivity index (χ0v) is 22.4. The Hall–Kier alpha value is -4.33. The van der Waals surface area contributed by atoms with Crippen molar-refractivity contribution in [1.82, 2.24) is 25.9 Å². The van der Waals surface area contributed by atoms with Crippen LogP contribution in [-0.4, -0.2) is 71.0 Å². The molecular formula is C26H31BN5O8-. The van der Waals surface area contributed by atoms with Crippen LogP contribution in [0.1, 0.15) is 49.2 Å². The molecule has 4 atom stereocenters. The Balaban J connectivity index is 1.62. The molecule has 2 saturated heterocycles. The predicted octanol–water partition coefficient (Wildman–Crippen LogP) is 0.222. The fourth-order valence-electron chi connectivity index (χ4n) is 4.86. The number of hydrogen-bond donors (Lipinski definition) is 3. The molecule has 2 aromatic rings. The molecule has 2 unspecified atom stereocenters. The normalized spacial score (nSPS) is 23.0. The summed E-state index contributed by atoms with van der Waals surface area (Å²) in [6.45, 7) is 0.579. The van der Waals surface area contributed by atoms with Crippen LogP contribution in [0.2, 0.25) is 0 Å². The van der Waals surface area contributed by atoms with Gasteiger partial charge in [0.2, 0.25) is 11.8 Å². The molecule has 2 aliphatic heterocycles. The fourth-order valence-corrected chi connectivity index (χ4v) is 4.86. The highest BCUT2D eigenvalue weighted by Gasteiger charge is 2.64. The van der Waals surface area contributed by atoms with Crippen molar-refractivity contribution in [2.75, 3.05) is 7.05 Å². The van der Waals surface area contributed by atoms with Crippen LogP contribution >= 0.6 is 0 Å². The molecule has 2 bridgehead atoms. The molecule has 0 radical (unpaired) electrons. The van der Waals surface area contributed by atoms with E-state index in [1.807, 2.05) is 19.9 Å². The van der Waals surface area contributed by atoms with Crippen LogP contribution in [-0.2, 0) is 39.6 Å². The number of fused-ring (bicyclic) bond motifs is 2. The van der Waals surface area contributed by atoms with Gasteiger partial charge in [-0.25, -0.2) is 4.98 Å². The number of hydrogen-bond acceptors (Lipinski definition) is 10. The Labute approximate surface area is 230 Å². The summed E-state index contributed by atoms with van der Waals surface area (Å²) >= 11 is 0. The van der Waals surface area contributed by atoms with E-state index in [0.29, 0.717) is 0 Å². The highest BCUT2D eigenvalue weighted by Crippen LogP contribution is 2.43. The third-order valence-electron chi connectivity index (χ3n) is 6.73. The molecule has 3 heterocycles. The first-order valence-corrected chi connectivity index (χ1v) is 13.0. The average molecular weight is 552 g/mol. The summed E-state index contributed by atoms with van der Waals surface area (Å²) in [6.07, 6.45) is 3.41. The van der Waals surface area contributed by atoms with Crippen molar-refractivity contribution >= 4 is 36.4 Å². The molecule has 13 nitrogen and oxygen atoms in total. The van der Waals surface area contributed by atoms with Gasteiger partial charge >= 0.3 is 6.75 Å². The zero-order chi connectivity index (χ0) is 28.9. The fraction of sp³-hybridized carbons (Fsp3) is 0.423. The summed E-state index contributed by atoms with van der Waals surface area (Å²) in [5.41, 5.74) is -1.08. The van der Waals surface area contributed by atoms with Crippen LogP contribution in [0.4, 0.5) is 0 Å². The molecule has 14 heteroatoms. The van der Waals surface area contributed by atoms with Crippen molar-refractivity contribution in [3.63, 3.8) is 0 Å². The Kier molecular flexibility index (Phi) is 8.47. The molecule has 3 N–H and O–H groups in total. The molecule has 0 spiro atoms. The number of aromatic nitrogens is 2. The monoisotopic (exact) mass is 552 g/mol. The van der Waals surface area contributed by atoms with Gasteiger partial charge in [-0.05, 0) is 11.5 Å². The van der Waals surface area contributed by atoms with E-state index in [-0.39, 0.29) is 24.5 Å². The van der Waals surface area contributed by atoms with Crippen LogP contribution in [0.5, 0.6) is 0 Å². The summed E-state index contributed by atoms with van der Waals surface area (Å²) in [5, 5.41) is 7.89. The predicted molar refractivity (Wildman–Crippen MR) is 140 cm³/mol. The Morgan fingerprint density at radius 3 is 2.48 bits per heavy atom. The number of carbonyl (C=O) groups is 5. The van der Waals surface area contributed by atoms with Gasteiger partial charge in [0.1, 0.15) is 17.3 Å². The van der Waals surface area contributed by atoms with Crippen LogP contribution in [0.3, 0.4) is 0 Å². The first kappa shape index (κ1) is 28.7. The second-order valence-electron chi connectivity index (χ2n) is 10.3. The molecule has 2 fully saturated rings.